The molecule has 0 atom stereocenters. The van der Waals surface area contributed by atoms with Gasteiger partial charge in [0.1, 0.15) is 6.54 Å². The number of hydrogen-bond acceptors (Lipinski definition) is 7. The normalized spacial score (nSPS) is 11.6. The van der Waals surface area contributed by atoms with Crippen LogP contribution in [-0.4, -0.2) is 42.6 Å². The first-order valence-electron chi connectivity index (χ1n) is 7.92. The molecular formula is C16H22N4O3S3. The lowest BCUT2D eigenvalue weighted by atomic mass is 10.1. The number of aromatic nitrogens is 2. The molecule has 0 aliphatic carbocycles. The lowest BCUT2D eigenvalue weighted by Crippen LogP contribution is -2.38. The third-order valence-electron chi connectivity index (χ3n) is 3.52. The van der Waals surface area contributed by atoms with Gasteiger partial charge < -0.3 is 0 Å². The molecule has 2 rings (SSSR count). The van der Waals surface area contributed by atoms with Crippen LogP contribution in [0.15, 0.2) is 22.5 Å². The Morgan fingerprint density at radius 1 is 1.31 bits per heavy atom. The third kappa shape index (κ3) is 5.42. The first-order valence-corrected chi connectivity index (χ1v) is 11.5. The zero-order valence-electron chi connectivity index (χ0n) is 15.3. The Morgan fingerprint density at radius 2 is 2.00 bits per heavy atom. The Hall–Kier alpha value is -1.65. The molecule has 1 heterocycles. The number of nitrogens with one attached hydrogen (secondary N) is 1. The molecule has 2 aromatic rings. The Morgan fingerprint density at radius 3 is 2.62 bits per heavy atom. The zero-order chi connectivity index (χ0) is 19.5. The minimum atomic E-state index is -3.62. The summed E-state index contributed by atoms with van der Waals surface area (Å²) in [6.07, 6.45) is 1.09. The van der Waals surface area contributed by atoms with Gasteiger partial charge in [-0.05, 0) is 31.0 Å². The number of carbonyl (C=O) groups excluding carboxylic acids is 1. The highest BCUT2D eigenvalue weighted by molar-refractivity contribution is 8.01. The fourth-order valence-corrected chi connectivity index (χ4v) is 5.08. The van der Waals surface area contributed by atoms with Crippen molar-refractivity contribution in [2.75, 3.05) is 22.4 Å². The van der Waals surface area contributed by atoms with Gasteiger partial charge in [-0.2, -0.15) is 0 Å². The van der Waals surface area contributed by atoms with Gasteiger partial charge in [0, 0.05) is 5.25 Å². The molecule has 1 amide bonds. The molecule has 0 bridgehead atoms. The summed E-state index contributed by atoms with van der Waals surface area (Å²) in [7, 11) is -3.62. The lowest BCUT2D eigenvalue weighted by molar-refractivity contribution is -0.114. The van der Waals surface area contributed by atoms with E-state index in [-0.39, 0.29) is 6.54 Å². The van der Waals surface area contributed by atoms with E-state index in [9.17, 15) is 13.2 Å². The van der Waals surface area contributed by atoms with Crippen molar-refractivity contribution >= 4 is 49.8 Å². The maximum atomic E-state index is 12.4. The van der Waals surface area contributed by atoms with Gasteiger partial charge in [-0.1, -0.05) is 49.1 Å². The van der Waals surface area contributed by atoms with E-state index in [1.165, 1.54) is 11.3 Å². The van der Waals surface area contributed by atoms with E-state index in [1.807, 2.05) is 33.8 Å². The van der Waals surface area contributed by atoms with Crippen molar-refractivity contribution in [3.63, 3.8) is 0 Å². The van der Waals surface area contributed by atoms with Gasteiger partial charge in [0.25, 0.3) is 0 Å². The van der Waals surface area contributed by atoms with Crippen LogP contribution in [0.1, 0.15) is 25.0 Å². The van der Waals surface area contributed by atoms with E-state index in [0.29, 0.717) is 16.1 Å². The van der Waals surface area contributed by atoms with Gasteiger partial charge >= 0.3 is 0 Å². The minimum Gasteiger partial charge on any atom is -0.299 e. The van der Waals surface area contributed by atoms with Crippen molar-refractivity contribution in [2.45, 2.75) is 37.3 Å². The molecule has 0 fully saturated rings. The Kier molecular flexibility index (Phi) is 6.64. The molecule has 0 aliphatic rings. The maximum absolute atomic E-state index is 12.4. The van der Waals surface area contributed by atoms with Gasteiger partial charge in [0.15, 0.2) is 4.34 Å². The lowest BCUT2D eigenvalue weighted by Gasteiger charge is -2.24. The molecule has 0 radical (unpaired) electrons. The van der Waals surface area contributed by atoms with Crippen LogP contribution in [0.25, 0.3) is 0 Å². The number of thioether (sulfide) groups is 1. The summed E-state index contributed by atoms with van der Waals surface area (Å²) in [5.41, 5.74) is 2.27. The van der Waals surface area contributed by atoms with Gasteiger partial charge in [0.2, 0.25) is 21.1 Å². The van der Waals surface area contributed by atoms with Crippen LogP contribution < -0.4 is 9.62 Å². The second-order valence-electron chi connectivity index (χ2n) is 6.08. The number of benzene rings is 1. The van der Waals surface area contributed by atoms with Gasteiger partial charge in [-0.3, -0.25) is 14.4 Å². The molecule has 10 heteroatoms. The van der Waals surface area contributed by atoms with Crippen LogP contribution in [0.2, 0.25) is 0 Å². The summed E-state index contributed by atoms with van der Waals surface area (Å²) in [6.45, 7) is 7.49. The molecule has 0 saturated heterocycles. The highest BCUT2D eigenvalue weighted by atomic mass is 32.2. The van der Waals surface area contributed by atoms with Crippen LogP contribution in [0.4, 0.5) is 10.8 Å². The number of hydrogen-bond donors (Lipinski definition) is 1. The van der Waals surface area contributed by atoms with Crippen molar-refractivity contribution in [1.82, 2.24) is 10.2 Å². The van der Waals surface area contributed by atoms with Gasteiger partial charge in [0.05, 0.1) is 11.9 Å². The molecule has 142 valence electrons. The molecule has 0 aliphatic heterocycles. The van der Waals surface area contributed by atoms with Crippen molar-refractivity contribution < 1.29 is 13.2 Å². The molecule has 0 spiro atoms. The van der Waals surface area contributed by atoms with Crippen LogP contribution in [0, 0.1) is 13.8 Å². The summed E-state index contributed by atoms with van der Waals surface area (Å²) in [6, 6.07) is 5.36. The summed E-state index contributed by atoms with van der Waals surface area (Å²) in [5, 5.41) is 11.3. The Bertz CT molecular complexity index is 894. The molecule has 7 nitrogen and oxygen atoms in total. The van der Waals surface area contributed by atoms with Crippen LogP contribution in [0.5, 0.6) is 0 Å². The number of sulfonamides is 1. The molecule has 1 aromatic carbocycles. The molecular weight excluding hydrogens is 392 g/mol. The van der Waals surface area contributed by atoms with Crippen LogP contribution in [0.3, 0.4) is 0 Å². The molecule has 0 unspecified atom stereocenters. The number of anilines is 2. The third-order valence-corrected chi connectivity index (χ3v) is 6.57. The van der Waals surface area contributed by atoms with Crippen LogP contribution in [-0.2, 0) is 14.8 Å². The molecule has 26 heavy (non-hydrogen) atoms. The Balaban J connectivity index is 2.17. The number of nitrogens with zero attached hydrogens (tertiary/aromatic N) is 3. The molecule has 0 saturated carbocycles. The first-order chi connectivity index (χ1) is 12.1. The van der Waals surface area contributed by atoms with E-state index in [1.54, 1.807) is 23.9 Å². The topological polar surface area (TPSA) is 92.3 Å². The monoisotopic (exact) mass is 414 g/mol. The van der Waals surface area contributed by atoms with E-state index >= 15 is 0 Å². The minimum absolute atomic E-state index is 0.324. The molecule has 1 aromatic heterocycles. The van der Waals surface area contributed by atoms with Gasteiger partial charge in [-0.25, -0.2) is 8.42 Å². The second-order valence-corrected chi connectivity index (χ2v) is 10.8. The second kappa shape index (κ2) is 8.36. The number of rotatable bonds is 7. The smallest absolute Gasteiger partial charge is 0.246 e. The summed E-state index contributed by atoms with van der Waals surface area (Å²) >= 11 is 2.82. The largest absolute Gasteiger partial charge is 0.299 e. The van der Waals surface area contributed by atoms with Crippen molar-refractivity contribution in [2.24, 2.45) is 0 Å². The van der Waals surface area contributed by atoms with Crippen molar-refractivity contribution in [1.29, 1.82) is 0 Å². The fraction of sp³-hybridized carbons (Fsp3) is 0.438. The predicted octanol–water partition coefficient (Wildman–Crippen LogP) is 3.06. The number of amides is 1. The number of carbonyl (C=O) groups is 1. The molecule has 1 N–H and O–H groups in total. The van der Waals surface area contributed by atoms with E-state index in [4.69, 9.17) is 0 Å². The summed E-state index contributed by atoms with van der Waals surface area (Å²) < 4.78 is 26.3. The zero-order valence-corrected chi connectivity index (χ0v) is 17.8. The average molecular weight is 415 g/mol. The maximum Gasteiger partial charge on any atom is 0.246 e. The van der Waals surface area contributed by atoms with Crippen molar-refractivity contribution in [3.8, 4) is 0 Å². The highest BCUT2D eigenvalue weighted by Crippen LogP contribution is 2.29. The fourth-order valence-electron chi connectivity index (χ4n) is 2.19. The highest BCUT2D eigenvalue weighted by Gasteiger charge is 2.23. The quantitative estimate of drug-likeness (QED) is 0.553. The van der Waals surface area contributed by atoms with E-state index in [2.05, 4.69) is 15.5 Å². The predicted molar refractivity (Wildman–Crippen MR) is 108 cm³/mol. The average Bonchev–Trinajstić information content (AvgIpc) is 2.93. The van der Waals surface area contributed by atoms with Crippen molar-refractivity contribution in [3.05, 3.63) is 29.3 Å². The number of aryl methyl sites for hydroxylation is 1. The van der Waals surface area contributed by atoms with Crippen LogP contribution >= 0.6 is 23.1 Å². The Labute approximate surface area is 162 Å². The summed E-state index contributed by atoms with van der Waals surface area (Å²) in [5.74, 6) is -0.464. The first kappa shape index (κ1) is 20.7. The van der Waals surface area contributed by atoms with E-state index in [0.717, 1.165) is 26.0 Å². The SMILES string of the molecule is Cc1cccc(N(CC(=O)Nc2nnc(SC(C)C)s2)S(C)(=O)=O)c1C. The van der Waals surface area contributed by atoms with Gasteiger partial charge in [-0.15, -0.1) is 10.2 Å². The van der Waals surface area contributed by atoms with E-state index < -0.39 is 15.9 Å². The summed E-state index contributed by atoms with van der Waals surface area (Å²) in [4.78, 5) is 12.4. The standard InChI is InChI=1S/C16H22N4O3S3/c1-10(2)24-16-19-18-15(25-16)17-14(21)9-20(26(5,22)23)13-8-6-7-11(3)12(13)4/h6-8,10H,9H2,1-5H3,(H,17,18,21).